The fourth-order valence-corrected chi connectivity index (χ4v) is 3.79. The Kier molecular flexibility index (Phi) is 6.03. The normalized spacial score (nSPS) is 11.6. The third kappa shape index (κ3) is 4.46. The van der Waals surface area contributed by atoms with Crippen LogP contribution in [0.3, 0.4) is 0 Å². The number of hydrogen-bond donors (Lipinski definition) is 1. The number of rotatable bonds is 4. The van der Waals surface area contributed by atoms with E-state index in [2.05, 4.69) is 25.3 Å². The standard InChI is InChI=1S/C25H22F3N5O/c1-5-21-30-12-16-10-20(15(4)31-23(16)33-21)19-11-17(7-6-13(19)2)32-24(34)18-8-9-29-22(14(18)3)25(26,27)28/h6-12H,5H2,1-4H3,(H,32,34). The van der Waals surface area contributed by atoms with Gasteiger partial charge in [-0.05, 0) is 61.7 Å². The van der Waals surface area contributed by atoms with Crippen molar-refractivity contribution in [3.8, 4) is 11.1 Å². The van der Waals surface area contributed by atoms with Crippen molar-refractivity contribution in [3.05, 3.63) is 76.6 Å². The minimum absolute atomic E-state index is 0.0862. The second-order valence-electron chi connectivity index (χ2n) is 7.99. The van der Waals surface area contributed by atoms with Crippen LogP contribution in [0.2, 0.25) is 0 Å². The van der Waals surface area contributed by atoms with E-state index in [0.29, 0.717) is 23.6 Å². The Balaban J connectivity index is 1.70. The molecule has 1 aromatic carbocycles. The van der Waals surface area contributed by atoms with Crippen molar-refractivity contribution < 1.29 is 18.0 Å². The van der Waals surface area contributed by atoms with Crippen LogP contribution >= 0.6 is 0 Å². The number of nitrogens with one attached hydrogen (secondary N) is 1. The number of pyridine rings is 2. The molecule has 0 fully saturated rings. The van der Waals surface area contributed by atoms with E-state index < -0.39 is 17.8 Å². The molecule has 0 aliphatic heterocycles. The molecule has 0 atom stereocenters. The number of benzene rings is 1. The highest BCUT2D eigenvalue weighted by Gasteiger charge is 2.35. The number of aromatic nitrogens is 4. The van der Waals surface area contributed by atoms with E-state index in [9.17, 15) is 18.0 Å². The van der Waals surface area contributed by atoms with Gasteiger partial charge in [-0.3, -0.25) is 9.78 Å². The van der Waals surface area contributed by atoms with Gasteiger partial charge in [0.25, 0.3) is 5.91 Å². The van der Waals surface area contributed by atoms with Gasteiger partial charge < -0.3 is 5.32 Å². The van der Waals surface area contributed by atoms with Crippen LogP contribution < -0.4 is 5.32 Å². The van der Waals surface area contributed by atoms with Gasteiger partial charge in [-0.15, -0.1) is 0 Å². The summed E-state index contributed by atoms with van der Waals surface area (Å²) in [5.41, 5.74) is 3.10. The van der Waals surface area contributed by atoms with Crippen LogP contribution in [-0.4, -0.2) is 25.8 Å². The monoisotopic (exact) mass is 465 g/mol. The number of nitrogens with zero attached hydrogens (tertiary/aromatic N) is 4. The fourth-order valence-electron chi connectivity index (χ4n) is 3.79. The van der Waals surface area contributed by atoms with Crippen LogP contribution in [0.15, 0.2) is 42.7 Å². The highest BCUT2D eigenvalue weighted by Crippen LogP contribution is 2.33. The molecular formula is C25H22F3N5O. The summed E-state index contributed by atoms with van der Waals surface area (Å²) in [7, 11) is 0. The zero-order chi connectivity index (χ0) is 24.6. The minimum Gasteiger partial charge on any atom is -0.322 e. The number of aryl methyl sites for hydroxylation is 3. The maximum atomic E-state index is 13.2. The molecule has 0 saturated heterocycles. The Morgan fingerprint density at radius 2 is 1.76 bits per heavy atom. The van der Waals surface area contributed by atoms with Gasteiger partial charge in [0.2, 0.25) is 0 Å². The average Bonchev–Trinajstić information content (AvgIpc) is 2.79. The van der Waals surface area contributed by atoms with Gasteiger partial charge in [0.15, 0.2) is 5.65 Å². The lowest BCUT2D eigenvalue weighted by Crippen LogP contribution is -2.18. The molecule has 1 amide bonds. The highest BCUT2D eigenvalue weighted by molar-refractivity contribution is 6.05. The lowest BCUT2D eigenvalue weighted by molar-refractivity contribution is -0.141. The molecule has 0 unspecified atom stereocenters. The Bertz CT molecular complexity index is 1420. The summed E-state index contributed by atoms with van der Waals surface area (Å²) in [5.74, 6) is 0.0715. The summed E-state index contributed by atoms with van der Waals surface area (Å²) < 4.78 is 39.6. The lowest BCUT2D eigenvalue weighted by atomic mass is 9.98. The second-order valence-corrected chi connectivity index (χ2v) is 7.99. The quantitative estimate of drug-likeness (QED) is 0.409. The van der Waals surface area contributed by atoms with E-state index in [1.807, 2.05) is 32.9 Å². The Morgan fingerprint density at radius 3 is 2.47 bits per heavy atom. The van der Waals surface area contributed by atoms with Gasteiger partial charge in [-0.1, -0.05) is 13.0 Å². The van der Waals surface area contributed by atoms with Crippen molar-refractivity contribution in [3.63, 3.8) is 0 Å². The summed E-state index contributed by atoms with van der Waals surface area (Å²) >= 11 is 0. The van der Waals surface area contributed by atoms with Crippen LogP contribution in [0, 0.1) is 20.8 Å². The zero-order valence-corrected chi connectivity index (χ0v) is 19.1. The van der Waals surface area contributed by atoms with Gasteiger partial charge >= 0.3 is 6.18 Å². The molecular weight excluding hydrogens is 443 g/mol. The predicted molar refractivity (Wildman–Crippen MR) is 124 cm³/mol. The first-order chi connectivity index (χ1) is 16.1. The molecule has 0 radical (unpaired) electrons. The third-order valence-corrected chi connectivity index (χ3v) is 5.63. The first kappa shape index (κ1) is 23.3. The highest BCUT2D eigenvalue weighted by atomic mass is 19.4. The minimum atomic E-state index is -4.64. The molecule has 9 heteroatoms. The van der Waals surface area contributed by atoms with E-state index in [0.717, 1.165) is 34.0 Å². The molecule has 1 N–H and O–H groups in total. The number of amides is 1. The number of alkyl halides is 3. The number of anilines is 1. The van der Waals surface area contributed by atoms with Gasteiger partial charge in [-0.2, -0.15) is 13.2 Å². The number of carbonyl (C=O) groups excluding carboxylic acids is 1. The summed E-state index contributed by atoms with van der Waals surface area (Å²) in [6, 6.07) is 8.56. The molecule has 4 aromatic rings. The van der Waals surface area contributed by atoms with Crippen LogP contribution in [0.4, 0.5) is 18.9 Å². The predicted octanol–water partition coefficient (Wildman–Crippen LogP) is 5.85. The van der Waals surface area contributed by atoms with Crippen molar-refractivity contribution in [1.82, 2.24) is 19.9 Å². The van der Waals surface area contributed by atoms with E-state index in [4.69, 9.17) is 0 Å². The first-order valence-corrected chi connectivity index (χ1v) is 10.7. The molecule has 174 valence electrons. The van der Waals surface area contributed by atoms with E-state index in [1.54, 1.807) is 18.3 Å². The van der Waals surface area contributed by atoms with Crippen molar-refractivity contribution in [2.75, 3.05) is 5.32 Å². The van der Waals surface area contributed by atoms with Gasteiger partial charge in [0.1, 0.15) is 11.5 Å². The number of halogens is 3. The molecule has 0 spiro atoms. The third-order valence-electron chi connectivity index (χ3n) is 5.63. The molecule has 0 saturated carbocycles. The topological polar surface area (TPSA) is 80.7 Å². The van der Waals surface area contributed by atoms with Crippen LogP contribution in [0.25, 0.3) is 22.2 Å². The number of hydrogen-bond acceptors (Lipinski definition) is 5. The Hall–Kier alpha value is -3.88. The van der Waals surface area contributed by atoms with Crippen molar-refractivity contribution >= 4 is 22.6 Å². The largest absolute Gasteiger partial charge is 0.433 e. The molecule has 34 heavy (non-hydrogen) atoms. The van der Waals surface area contributed by atoms with Crippen molar-refractivity contribution in [1.29, 1.82) is 0 Å². The molecule has 3 heterocycles. The second kappa shape index (κ2) is 8.81. The van der Waals surface area contributed by atoms with Crippen molar-refractivity contribution in [2.24, 2.45) is 0 Å². The van der Waals surface area contributed by atoms with Crippen LogP contribution in [-0.2, 0) is 12.6 Å². The van der Waals surface area contributed by atoms with Gasteiger partial charge in [-0.25, -0.2) is 15.0 Å². The van der Waals surface area contributed by atoms with E-state index in [1.165, 1.54) is 13.0 Å². The maximum absolute atomic E-state index is 13.2. The van der Waals surface area contributed by atoms with Gasteiger partial charge in [0.05, 0.1) is 0 Å². The average molecular weight is 465 g/mol. The molecule has 0 bridgehead atoms. The van der Waals surface area contributed by atoms with Gasteiger partial charge in [0, 0.05) is 46.7 Å². The molecule has 0 aliphatic rings. The summed E-state index contributed by atoms with van der Waals surface area (Å²) in [4.78, 5) is 29.6. The van der Waals surface area contributed by atoms with Crippen molar-refractivity contribution in [2.45, 2.75) is 40.3 Å². The number of fused-ring (bicyclic) bond motifs is 1. The van der Waals surface area contributed by atoms with E-state index >= 15 is 0 Å². The Labute approximate surface area is 194 Å². The smallest absolute Gasteiger partial charge is 0.322 e. The molecule has 3 aromatic heterocycles. The summed E-state index contributed by atoms with van der Waals surface area (Å²) in [6.45, 7) is 7.03. The first-order valence-electron chi connectivity index (χ1n) is 10.7. The maximum Gasteiger partial charge on any atom is 0.433 e. The molecule has 4 rings (SSSR count). The van der Waals surface area contributed by atoms with E-state index in [-0.39, 0.29) is 11.1 Å². The molecule has 0 aliphatic carbocycles. The SMILES string of the molecule is CCc1ncc2cc(-c3cc(NC(=O)c4ccnc(C(F)(F)F)c4C)ccc3C)c(C)nc2n1. The lowest BCUT2D eigenvalue weighted by Gasteiger charge is -2.15. The number of carbonyl (C=O) groups is 1. The summed E-state index contributed by atoms with van der Waals surface area (Å²) in [6.07, 6.45) is -1.20. The van der Waals surface area contributed by atoms with Crippen LogP contribution in [0.1, 0.15) is 45.6 Å². The summed E-state index contributed by atoms with van der Waals surface area (Å²) in [5, 5.41) is 3.50. The fraction of sp³-hybridized carbons (Fsp3) is 0.240. The Morgan fingerprint density at radius 1 is 1.00 bits per heavy atom. The van der Waals surface area contributed by atoms with Crippen LogP contribution in [0.5, 0.6) is 0 Å². The zero-order valence-electron chi connectivity index (χ0n) is 19.1. The molecule has 6 nitrogen and oxygen atoms in total.